The lowest BCUT2D eigenvalue weighted by atomic mass is 10.1. The number of esters is 1. The fraction of sp³-hybridized carbons (Fsp3) is 0.316. The summed E-state index contributed by atoms with van der Waals surface area (Å²) < 4.78 is 10.3. The van der Waals surface area contributed by atoms with Crippen LogP contribution in [-0.2, 0) is 9.53 Å². The molecule has 0 unspecified atom stereocenters. The maximum Gasteiger partial charge on any atom is 0.316 e. The highest BCUT2D eigenvalue weighted by atomic mass is 32.2. The summed E-state index contributed by atoms with van der Waals surface area (Å²) in [5.41, 5.74) is 2.10. The van der Waals surface area contributed by atoms with Crippen molar-refractivity contribution in [1.82, 2.24) is 4.98 Å². The van der Waals surface area contributed by atoms with Gasteiger partial charge in [0, 0.05) is 5.56 Å². The first-order valence-electron chi connectivity index (χ1n) is 8.02. The molecule has 0 aliphatic carbocycles. The number of carbonyl (C=O) groups is 1. The van der Waals surface area contributed by atoms with Crippen LogP contribution >= 0.6 is 11.8 Å². The molecule has 2 aromatic rings. The lowest BCUT2D eigenvalue weighted by molar-refractivity contribution is -0.140. The zero-order valence-corrected chi connectivity index (χ0v) is 15.1. The fourth-order valence-electron chi connectivity index (χ4n) is 2.06. The minimum Gasteiger partial charge on any atom is -0.497 e. The molecule has 1 aromatic carbocycles. The van der Waals surface area contributed by atoms with E-state index in [0.717, 1.165) is 29.8 Å². The number of unbranched alkanes of at least 4 members (excludes halogenated alkanes) is 1. The van der Waals surface area contributed by atoms with Crippen molar-refractivity contribution in [3.05, 3.63) is 42.0 Å². The Hall–Kier alpha value is -2.52. The largest absolute Gasteiger partial charge is 0.497 e. The molecule has 0 aliphatic rings. The van der Waals surface area contributed by atoms with Crippen molar-refractivity contribution in [3.8, 4) is 23.1 Å². The number of rotatable bonds is 8. The average molecular weight is 356 g/mol. The normalized spacial score (nSPS) is 10.1. The number of thioether (sulfide) groups is 1. The van der Waals surface area contributed by atoms with E-state index in [2.05, 4.69) is 11.1 Å². The van der Waals surface area contributed by atoms with Crippen LogP contribution in [-0.4, -0.2) is 30.4 Å². The third-order valence-corrected chi connectivity index (χ3v) is 4.42. The van der Waals surface area contributed by atoms with Crippen molar-refractivity contribution in [3.63, 3.8) is 0 Å². The Morgan fingerprint density at radius 3 is 2.64 bits per heavy atom. The quantitative estimate of drug-likeness (QED) is 0.403. The zero-order chi connectivity index (χ0) is 18.1. The number of carbonyl (C=O) groups excluding carboxylic acids is 1. The summed E-state index contributed by atoms with van der Waals surface area (Å²) in [6.07, 6.45) is 1.83. The summed E-state index contributed by atoms with van der Waals surface area (Å²) in [5.74, 6) is 0.609. The smallest absolute Gasteiger partial charge is 0.316 e. The molecule has 5 nitrogen and oxygen atoms in total. The van der Waals surface area contributed by atoms with Crippen molar-refractivity contribution in [1.29, 1.82) is 5.26 Å². The van der Waals surface area contributed by atoms with E-state index < -0.39 is 0 Å². The molecule has 2 rings (SSSR count). The van der Waals surface area contributed by atoms with E-state index in [-0.39, 0.29) is 11.7 Å². The van der Waals surface area contributed by atoms with E-state index in [4.69, 9.17) is 9.47 Å². The lowest BCUT2D eigenvalue weighted by Crippen LogP contribution is -2.08. The van der Waals surface area contributed by atoms with Gasteiger partial charge in [-0.3, -0.25) is 4.79 Å². The minimum absolute atomic E-state index is 0.136. The second kappa shape index (κ2) is 9.70. The Bertz CT molecular complexity index is 754. The maximum atomic E-state index is 11.7. The molecular formula is C19H20N2O3S. The third kappa shape index (κ3) is 5.50. The molecular weight excluding hydrogens is 336 g/mol. The first-order valence-corrected chi connectivity index (χ1v) is 9.00. The summed E-state index contributed by atoms with van der Waals surface area (Å²) in [6.45, 7) is 2.47. The molecule has 6 heteroatoms. The van der Waals surface area contributed by atoms with Crippen molar-refractivity contribution >= 4 is 17.7 Å². The Balaban J connectivity index is 2.11. The van der Waals surface area contributed by atoms with Gasteiger partial charge in [-0.1, -0.05) is 25.1 Å². The van der Waals surface area contributed by atoms with Crippen LogP contribution in [0.5, 0.6) is 5.75 Å². The molecule has 25 heavy (non-hydrogen) atoms. The van der Waals surface area contributed by atoms with Crippen molar-refractivity contribution in [2.45, 2.75) is 24.8 Å². The van der Waals surface area contributed by atoms with E-state index in [9.17, 15) is 10.1 Å². The summed E-state index contributed by atoms with van der Waals surface area (Å²) in [5, 5.41) is 9.78. The topological polar surface area (TPSA) is 72.2 Å². The number of benzene rings is 1. The van der Waals surface area contributed by atoms with Crippen molar-refractivity contribution < 1.29 is 14.3 Å². The number of nitriles is 1. The predicted octanol–water partition coefficient (Wildman–Crippen LogP) is 4.06. The number of pyridine rings is 1. The molecule has 0 saturated heterocycles. The third-order valence-electron chi connectivity index (χ3n) is 3.45. The van der Waals surface area contributed by atoms with Crippen LogP contribution in [0.2, 0.25) is 0 Å². The molecule has 0 atom stereocenters. The van der Waals surface area contributed by atoms with Crippen LogP contribution in [0.4, 0.5) is 0 Å². The number of methoxy groups -OCH3 is 1. The van der Waals surface area contributed by atoms with Gasteiger partial charge in [-0.05, 0) is 42.8 Å². The molecule has 0 aliphatic heterocycles. The van der Waals surface area contributed by atoms with E-state index >= 15 is 0 Å². The Labute approximate surface area is 152 Å². The van der Waals surface area contributed by atoms with Crippen LogP contribution in [0.25, 0.3) is 11.3 Å². The second-order valence-electron chi connectivity index (χ2n) is 5.25. The standard InChI is InChI=1S/C19H20N2O3S/c1-3-4-11-24-18(22)13-25-19-15(12-20)7-10-17(21-19)14-5-8-16(23-2)9-6-14/h5-10H,3-4,11,13H2,1-2H3. The van der Waals surface area contributed by atoms with Gasteiger partial charge in [-0.2, -0.15) is 5.26 Å². The van der Waals surface area contributed by atoms with Gasteiger partial charge in [0.25, 0.3) is 0 Å². The van der Waals surface area contributed by atoms with E-state index in [1.807, 2.05) is 31.2 Å². The molecule has 130 valence electrons. The average Bonchev–Trinajstić information content (AvgIpc) is 2.66. The first-order chi connectivity index (χ1) is 12.2. The van der Waals surface area contributed by atoms with Gasteiger partial charge in [0.2, 0.25) is 0 Å². The molecule has 0 amide bonds. The number of nitrogens with zero attached hydrogens (tertiary/aromatic N) is 2. The summed E-state index contributed by atoms with van der Waals surface area (Å²) in [7, 11) is 1.61. The molecule has 0 N–H and O–H groups in total. The van der Waals surface area contributed by atoms with E-state index in [1.54, 1.807) is 19.2 Å². The number of aromatic nitrogens is 1. The van der Waals surface area contributed by atoms with Crippen molar-refractivity contribution in [2.24, 2.45) is 0 Å². The van der Waals surface area contributed by atoms with Gasteiger partial charge in [0.15, 0.2) is 0 Å². The SMILES string of the molecule is CCCCOC(=O)CSc1nc(-c2ccc(OC)cc2)ccc1C#N. The molecule has 0 spiro atoms. The number of ether oxygens (including phenoxy) is 2. The highest BCUT2D eigenvalue weighted by Gasteiger charge is 2.11. The van der Waals surface area contributed by atoms with Gasteiger partial charge < -0.3 is 9.47 Å². The Morgan fingerprint density at radius 1 is 1.24 bits per heavy atom. The summed E-state index contributed by atoms with van der Waals surface area (Å²) in [4.78, 5) is 16.3. The van der Waals surface area contributed by atoms with Crippen LogP contribution < -0.4 is 4.74 Å². The summed E-state index contributed by atoms with van der Waals surface area (Å²) >= 11 is 1.22. The molecule has 0 fully saturated rings. The number of hydrogen-bond donors (Lipinski definition) is 0. The van der Waals surface area contributed by atoms with Crippen molar-refractivity contribution in [2.75, 3.05) is 19.5 Å². The van der Waals surface area contributed by atoms with Gasteiger partial charge in [-0.25, -0.2) is 4.98 Å². The predicted molar refractivity (Wildman–Crippen MR) is 97.5 cm³/mol. The van der Waals surface area contributed by atoms with Gasteiger partial charge in [-0.15, -0.1) is 0 Å². The number of hydrogen-bond acceptors (Lipinski definition) is 6. The first kappa shape index (κ1) is 18.8. The Morgan fingerprint density at radius 2 is 2.00 bits per heavy atom. The molecule has 0 saturated carbocycles. The van der Waals surface area contributed by atoms with Crippen LogP contribution in [0, 0.1) is 11.3 Å². The van der Waals surface area contributed by atoms with Gasteiger partial charge in [0.1, 0.15) is 16.8 Å². The van der Waals surface area contributed by atoms with E-state index in [1.165, 1.54) is 11.8 Å². The molecule has 1 aromatic heterocycles. The lowest BCUT2D eigenvalue weighted by Gasteiger charge is -2.08. The van der Waals surface area contributed by atoms with Gasteiger partial charge >= 0.3 is 5.97 Å². The summed E-state index contributed by atoms with van der Waals surface area (Å²) in [6, 6.07) is 13.1. The molecule has 1 heterocycles. The van der Waals surface area contributed by atoms with Crippen LogP contribution in [0.1, 0.15) is 25.3 Å². The zero-order valence-electron chi connectivity index (χ0n) is 14.3. The Kier molecular flexibility index (Phi) is 7.30. The van der Waals surface area contributed by atoms with Crippen LogP contribution in [0.3, 0.4) is 0 Å². The highest BCUT2D eigenvalue weighted by Crippen LogP contribution is 2.26. The highest BCUT2D eigenvalue weighted by molar-refractivity contribution is 7.99. The van der Waals surface area contributed by atoms with Gasteiger partial charge in [0.05, 0.1) is 30.7 Å². The molecule has 0 bridgehead atoms. The molecule has 0 radical (unpaired) electrons. The second-order valence-corrected chi connectivity index (χ2v) is 6.22. The minimum atomic E-state index is -0.293. The van der Waals surface area contributed by atoms with E-state index in [0.29, 0.717) is 17.2 Å². The maximum absolute atomic E-state index is 11.7. The van der Waals surface area contributed by atoms with Crippen LogP contribution in [0.15, 0.2) is 41.4 Å². The fourth-order valence-corrected chi connectivity index (χ4v) is 2.83. The monoisotopic (exact) mass is 356 g/mol.